The van der Waals surface area contributed by atoms with Gasteiger partial charge in [-0.25, -0.2) is 12.9 Å². The minimum Gasteiger partial charge on any atom is -0.368 e. The van der Waals surface area contributed by atoms with Gasteiger partial charge in [-0.05, 0) is 30.3 Å². The molecule has 1 saturated heterocycles. The highest BCUT2D eigenvalue weighted by molar-refractivity contribution is 7.85. The van der Waals surface area contributed by atoms with Crippen LogP contribution in [0.25, 0.3) is 0 Å². The maximum absolute atomic E-state index is 13.6. The van der Waals surface area contributed by atoms with Crippen molar-refractivity contribution >= 4 is 33.9 Å². The number of likely N-dealkylation sites (N-methyl/N-ethyl adjacent to an activating group) is 1. The summed E-state index contributed by atoms with van der Waals surface area (Å²) in [6.07, 6.45) is -10.1. The molecule has 2 heterocycles. The first kappa shape index (κ1) is 27.4. The van der Waals surface area contributed by atoms with Crippen LogP contribution >= 0.6 is 11.3 Å². The minimum atomic E-state index is -5.34. The second kappa shape index (κ2) is 9.67. The number of carbonyl (C=O) groups is 1. The molecular formula is C20H20F7N3O3S2. The van der Waals surface area contributed by atoms with E-state index >= 15 is 0 Å². The molecule has 194 valence electrons. The van der Waals surface area contributed by atoms with E-state index in [4.69, 9.17) is 0 Å². The number of alkyl halides is 6. The van der Waals surface area contributed by atoms with Gasteiger partial charge in [-0.15, -0.1) is 11.3 Å². The zero-order valence-corrected chi connectivity index (χ0v) is 19.9. The van der Waals surface area contributed by atoms with Gasteiger partial charge in [-0.2, -0.15) is 26.3 Å². The summed E-state index contributed by atoms with van der Waals surface area (Å²) in [4.78, 5) is 13.3. The molecule has 0 saturated carbocycles. The van der Waals surface area contributed by atoms with E-state index in [9.17, 15) is 44.8 Å². The third-order valence-corrected chi connectivity index (χ3v) is 8.29. The molecule has 35 heavy (non-hydrogen) atoms. The Hall–Kier alpha value is -2.23. The Morgan fingerprint density at radius 2 is 1.63 bits per heavy atom. The van der Waals surface area contributed by atoms with E-state index in [1.54, 1.807) is 0 Å². The molecule has 2 atom stereocenters. The van der Waals surface area contributed by atoms with Crippen molar-refractivity contribution in [1.29, 1.82) is 0 Å². The highest BCUT2D eigenvalue weighted by Gasteiger charge is 2.62. The van der Waals surface area contributed by atoms with Gasteiger partial charge in [-0.3, -0.25) is 4.79 Å². The topological polar surface area (TPSA) is 64.1 Å². The van der Waals surface area contributed by atoms with Gasteiger partial charge in [0.25, 0.3) is 11.5 Å². The van der Waals surface area contributed by atoms with E-state index in [1.165, 1.54) is 9.21 Å². The van der Waals surface area contributed by atoms with E-state index in [-0.39, 0.29) is 36.1 Å². The Morgan fingerprint density at radius 3 is 2.14 bits per heavy atom. The third kappa shape index (κ3) is 5.32. The number of halogens is 7. The summed E-state index contributed by atoms with van der Waals surface area (Å²) in [6, 6.07) is 4.28. The van der Waals surface area contributed by atoms with Crippen LogP contribution in [0, 0.1) is 5.82 Å². The SMILES string of the molecule is CN(C)C(=O)C(O)(c1ccc(S(=O)N2CCN(c3ccc(F)cc3C(F)(F)F)CC2)s1)C(F)(F)F. The molecule has 15 heteroatoms. The summed E-state index contributed by atoms with van der Waals surface area (Å²) < 4.78 is 108. The van der Waals surface area contributed by atoms with Gasteiger partial charge in [0, 0.05) is 46.0 Å². The fraction of sp³-hybridized carbons (Fsp3) is 0.450. The Morgan fingerprint density at radius 1 is 1.03 bits per heavy atom. The molecule has 0 radical (unpaired) electrons. The first-order chi connectivity index (χ1) is 16.1. The van der Waals surface area contributed by atoms with E-state index in [2.05, 4.69) is 0 Å². The first-order valence-electron chi connectivity index (χ1n) is 9.97. The molecule has 1 amide bonds. The van der Waals surface area contributed by atoms with Gasteiger partial charge in [-0.1, -0.05) is 0 Å². The maximum Gasteiger partial charge on any atom is 0.431 e. The molecule has 0 aliphatic carbocycles. The van der Waals surface area contributed by atoms with Crippen LogP contribution in [0.5, 0.6) is 0 Å². The molecule has 1 aromatic carbocycles. The molecule has 1 N–H and O–H groups in total. The summed E-state index contributed by atoms with van der Waals surface area (Å²) >= 11 is 0.355. The number of hydrogen-bond acceptors (Lipinski definition) is 5. The summed E-state index contributed by atoms with van der Waals surface area (Å²) in [6.45, 7) is -0.0298. The van der Waals surface area contributed by atoms with Crippen LogP contribution in [-0.2, 0) is 27.6 Å². The molecule has 1 fully saturated rings. The number of carbonyl (C=O) groups excluding carboxylic acids is 1. The zero-order chi connectivity index (χ0) is 26.3. The first-order valence-corrected chi connectivity index (χ1v) is 11.9. The fourth-order valence-corrected chi connectivity index (χ4v) is 6.18. The van der Waals surface area contributed by atoms with Crippen molar-refractivity contribution in [2.45, 2.75) is 22.2 Å². The van der Waals surface area contributed by atoms with Gasteiger partial charge in [0.15, 0.2) is 0 Å². The molecule has 0 bridgehead atoms. The maximum atomic E-state index is 13.6. The lowest BCUT2D eigenvalue weighted by Crippen LogP contribution is -2.53. The van der Waals surface area contributed by atoms with Gasteiger partial charge in [0.2, 0.25) is 0 Å². The molecule has 2 aromatic rings. The summed E-state index contributed by atoms with van der Waals surface area (Å²) in [5.74, 6) is -2.65. The highest BCUT2D eigenvalue weighted by Crippen LogP contribution is 2.44. The van der Waals surface area contributed by atoms with Crippen LogP contribution < -0.4 is 4.90 Å². The predicted octanol–water partition coefficient (Wildman–Crippen LogP) is 3.59. The zero-order valence-electron chi connectivity index (χ0n) is 18.3. The number of piperazine rings is 1. The lowest BCUT2D eigenvalue weighted by atomic mass is 10.00. The van der Waals surface area contributed by atoms with Gasteiger partial charge < -0.3 is 14.9 Å². The Kier molecular flexibility index (Phi) is 7.56. The number of thiophene rings is 1. The van der Waals surface area contributed by atoms with Crippen LogP contribution in [-0.4, -0.2) is 70.9 Å². The highest BCUT2D eigenvalue weighted by atomic mass is 32.2. The van der Waals surface area contributed by atoms with E-state index in [1.807, 2.05) is 0 Å². The largest absolute Gasteiger partial charge is 0.431 e. The standard InChI is InChI=1S/C20H20F7N3O3S2/c1-28(2)17(31)18(32,20(25,26)27)15-5-6-16(34-15)35(33)30-9-7-29(8-10-30)14-4-3-12(21)11-13(14)19(22,23)24/h3-6,11,32H,7-10H2,1-2H3. The van der Waals surface area contributed by atoms with Crippen LogP contribution in [0.1, 0.15) is 10.4 Å². The van der Waals surface area contributed by atoms with Crippen molar-refractivity contribution in [3.63, 3.8) is 0 Å². The molecular weight excluding hydrogens is 527 g/mol. The molecule has 1 aliphatic rings. The van der Waals surface area contributed by atoms with E-state index in [0.717, 1.165) is 38.4 Å². The lowest BCUT2D eigenvalue weighted by Gasteiger charge is -2.36. The normalized spacial score (nSPS) is 18.3. The van der Waals surface area contributed by atoms with Crippen LogP contribution in [0.4, 0.5) is 36.4 Å². The van der Waals surface area contributed by atoms with Crippen molar-refractivity contribution in [2.75, 3.05) is 45.2 Å². The lowest BCUT2D eigenvalue weighted by molar-refractivity contribution is -0.259. The molecule has 3 rings (SSSR count). The number of rotatable bonds is 5. The van der Waals surface area contributed by atoms with E-state index in [0.29, 0.717) is 22.3 Å². The number of nitrogens with zero attached hydrogens (tertiary/aromatic N) is 3. The average molecular weight is 548 g/mol. The molecule has 0 spiro atoms. The monoisotopic (exact) mass is 547 g/mol. The minimum absolute atomic E-state index is 0.00527. The summed E-state index contributed by atoms with van der Waals surface area (Å²) in [5.41, 5.74) is -5.20. The van der Waals surface area contributed by atoms with Gasteiger partial charge >= 0.3 is 12.4 Å². The number of aliphatic hydroxyl groups is 1. The summed E-state index contributed by atoms with van der Waals surface area (Å²) in [7, 11) is 0.112. The number of benzene rings is 1. The van der Waals surface area contributed by atoms with Crippen molar-refractivity contribution in [2.24, 2.45) is 0 Å². The molecule has 1 aromatic heterocycles. The number of amides is 1. The molecule has 1 aliphatic heterocycles. The average Bonchev–Trinajstić information content (AvgIpc) is 3.27. The third-order valence-electron chi connectivity index (χ3n) is 5.31. The second-order valence-corrected chi connectivity index (χ2v) is 10.6. The van der Waals surface area contributed by atoms with Crippen LogP contribution in [0.3, 0.4) is 0 Å². The van der Waals surface area contributed by atoms with Crippen LogP contribution in [0.2, 0.25) is 0 Å². The van der Waals surface area contributed by atoms with Crippen molar-refractivity contribution < 1.29 is 44.8 Å². The van der Waals surface area contributed by atoms with Gasteiger partial charge in [0.1, 0.15) is 21.0 Å². The van der Waals surface area contributed by atoms with E-state index < -0.39 is 51.1 Å². The van der Waals surface area contributed by atoms with Crippen molar-refractivity contribution in [1.82, 2.24) is 9.21 Å². The van der Waals surface area contributed by atoms with Crippen LogP contribution in [0.15, 0.2) is 34.5 Å². The van der Waals surface area contributed by atoms with Crippen molar-refractivity contribution in [3.05, 3.63) is 46.6 Å². The van der Waals surface area contributed by atoms with Gasteiger partial charge in [0.05, 0.1) is 10.4 Å². The number of anilines is 1. The number of hydrogen-bond donors (Lipinski definition) is 1. The predicted molar refractivity (Wildman–Crippen MR) is 115 cm³/mol. The smallest absolute Gasteiger partial charge is 0.368 e. The molecule has 2 unspecified atom stereocenters. The summed E-state index contributed by atoms with van der Waals surface area (Å²) in [5, 5.41) is 10.3. The Labute approximate surface area is 202 Å². The Bertz CT molecular complexity index is 1110. The fourth-order valence-electron chi connectivity index (χ4n) is 3.53. The van der Waals surface area contributed by atoms with Crippen molar-refractivity contribution in [3.8, 4) is 0 Å². The quantitative estimate of drug-likeness (QED) is 0.582. The Balaban J connectivity index is 1.78. The molecule has 6 nitrogen and oxygen atoms in total. The second-order valence-electron chi connectivity index (χ2n) is 7.85.